The summed E-state index contributed by atoms with van der Waals surface area (Å²) >= 11 is 6.12. The van der Waals surface area contributed by atoms with Crippen molar-refractivity contribution >= 4 is 41.2 Å². The normalized spacial score (nSPS) is 14.6. The predicted molar refractivity (Wildman–Crippen MR) is 133 cm³/mol. The number of aryl methyl sites for hydroxylation is 1. The van der Waals surface area contributed by atoms with Gasteiger partial charge in [0.1, 0.15) is 11.8 Å². The second kappa shape index (κ2) is 11.6. The lowest BCUT2D eigenvalue weighted by Crippen LogP contribution is -2.55. The third-order valence-electron chi connectivity index (χ3n) is 5.57. The minimum Gasteiger partial charge on any atom is -0.497 e. The molecule has 8 nitrogen and oxygen atoms in total. The van der Waals surface area contributed by atoms with Crippen molar-refractivity contribution in [1.29, 1.82) is 0 Å². The molecule has 9 heteroatoms. The zero-order valence-corrected chi connectivity index (χ0v) is 20.3. The molecule has 1 fully saturated rings. The predicted octanol–water partition coefficient (Wildman–Crippen LogP) is 3.55. The van der Waals surface area contributed by atoms with Crippen LogP contribution in [0.15, 0.2) is 48.5 Å². The molecule has 0 bridgehead atoms. The summed E-state index contributed by atoms with van der Waals surface area (Å²) in [6, 6.07) is 11.7. The largest absolute Gasteiger partial charge is 0.497 e. The summed E-state index contributed by atoms with van der Waals surface area (Å²) in [5.74, 6) is 0.195. The number of ether oxygens (including phenoxy) is 1. The summed E-state index contributed by atoms with van der Waals surface area (Å²) in [7, 11) is 1.59. The first-order valence-corrected chi connectivity index (χ1v) is 11.4. The van der Waals surface area contributed by atoms with Crippen molar-refractivity contribution in [2.45, 2.75) is 19.9 Å². The maximum atomic E-state index is 12.8. The summed E-state index contributed by atoms with van der Waals surface area (Å²) in [4.78, 5) is 40.8. The van der Waals surface area contributed by atoms with E-state index in [-0.39, 0.29) is 17.8 Å². The maximum Gasteiger partial charge on any atom is 0.321 e. The second-order valence-corrected chi connectivity index (χ2v) is 8.45. The first-order chi connectivity index (χ1) is 16.3. The molecule has 0 spiro atoms. The van der Waals surface area contributed by atoms with E-state index in [9.17, 15) is 14.4 Å². The van der Waals surface area contributed by atoms with Gasteiger partial charge in [0.2, 0.25) is 11.8 Å². The van der Waals surface area contributed by atoms with E-state index in [0.717, 1.165) is 16.9 Å². The number of carbonyl (C=O) groups excluding carboxylic acids is 3. The Labute approximate surface area is 204 Å². The molecule has 0 aliphatic carbocycles. The number of halogens is 1. The van der Waals surface area contributed by atoms with Crippen LogP contribution in [0.5, 0.6) is 5.75 Å². The van der Waals surface area contributed by atoms with Crippen molar-refractivity contribution in [2.24, 2.45) is 0 Å². The summed E-state index contributed by atoms with van der Waals surface area (Å²) in [5.41, 5.74) is 2.40. The van der Waals surface area contributed by atoms with Crippen molar-refractivity contribution < 1.29 is 19.1 Å². The zero-order valence-electron chi connectivity index (χ0n) is 19.5. The van der Waals surface area contributed by atoms with Gasteiger partial charge in [-0.15, -0.1) is 0 Å². The lowest BCUT2D eigenvalue weighted by molar-refractivity contribution is -0.136. The van der Waals surface area contributed by atoms with E-state index < -0.39 is 6.04 Å². The Balaban J connectivity index is 1.45. The van der Waals surface area contributed by atoms with E-state index in [1.165, 1.54) is 6.08 Å². The summed E-state index contributed by atoms with van der Waals surface area (Å²) in [5, 5.41) is 6.12. The third-order valence-corrected chi connectivity index (χ3v) is 5.98. The molecule has 1 aliphatic heterocycles. The smallest absolute Gasteiger partial charge is 0.321 e. The number of anilines is 1. The molecule has 1 heterocycles. The highest BCUT2D eigenvalue weighted by atomic mass is 35.5. The van der Waals surface area contributed by atoms with E-state index >= 15 is 0 Å². The summed E-state index contributed by atoms with van der Waals surface area (Å²) in [6.45, 7) is 5.13. The van der Waals surface area contributed by atoms with Crippen LogP contribution >= 0.6 is 11.6 Å². The molecule has 1 saturated heterocycles. The van der Waals surface area contributed by atoms with E-state index in [2.05, 4.69) is 10.6 Å². The van der Waals surface area contributed by atoms with Gasteiger partial charge in [-0.3, -0.25) is 9.59 Å². The monoisotopic (exact) mass is 484 g/mol. The fraction of sp³-hybridized carbons (Fsp3) is 0.320. The fourth-order valence-electron chi connectivity index (χ4n) is 3.49. The number of nitrogens with one attached hydrogen (secondary N) is 2. The molecule has 0 radical (unpaired) electrons. The lowest BCUT2D eigenvalue weighted by Gasteiger charge is -2.36. The van der Waals surface area contributed by atoms with Gasteiger partial charge in [-0.1, -0.05) is 29.8 Å². The van der Waals surface area contributed by atoms with Crippen molar-refractivity contribution in [1.82, 2.24) is 15.1 Å². The van der Waals surface area contributed by atoms with Crippen LogP contribution < -0.4 is 15.4 Å². The van der Waals surface area contributed by atoms with Crippen molar-refractivity contribution in [2.75, 3.05) is 38.6 Å². The molecular formula is C25H29ClN4O4. The van der Waals surface area contributed by atoms with Gasteiger partial charge >= 0.3 is 6.03 Å². The topological polar surface area (TPSA) is 91.0 Å². The summed E-state index contributed by atoms with van der Waals surface area (Å²) in [6.07, 6.45) is 3.07. The number of nitrogens with zero attached hydrogens (tertiary/aromatic N) is 2. The van der Waals surface area contributed by atoms with Gasteiger partial charge in [-0.25, -0.2) is 4.79 Å². The Morgan fingerprint density at radius 1 is 1.03 bits per heavy atom. The number of hydrogen-bond donors (Lipinski definition) is 2. The molecule has 1 atom stereocenters. The van der Waals surface area contributed by atoms with Gasteiger partial charge in [0, 0.05) is 43.0 Å². The molecule has 4 amide bonds. The lowest BCUT2D eigenvalue weighted by atomic mass is 10.2. The molecule has 2 N–H and O–H groups in total. The van der Waals surface area contributed by atoms with E-state index in [1.54, 1.807) is 54.2 Å². The molecule has 3 rings (SSSR count). The van der Waals surface area contributed by atoms with Crippen LogP contribution in [0.25, 0.3) is 6.08 Å². The average Bonchev–Trinajstić information content (AvgIpc) is 2.85. The maximum absolute atomic E-state index is 12.8. The molecular weight excluding hydrogens is 456 g/mol. The Hall–Kier alpha value is -3.52. The molecule has 0 aromatic heterocycles. The Kier molecular flexibility index (Phi) is 8.54. The summed E-state index contributed by atoms with van der Waals surface area (Å²) < 4.78 is 5.11. The van der Waals surface area contributed by atoms with Gasteiger partial charge < -0.3 is 25.2 Å². The Bertz CT molecular complexity index is 1060. The number of methoxy groups -OCH3 is 1. The van der Waals surface area contributed by atoms with Crippen LogP contribution in [0, 0.1) is 6.92 Å². The fourth-order valence-corrected chi connectivity index (χ4v) is 3.67. The SMILES string of the molecule is COc1ccc(C=CC(=O)NC(C)C(=O)N2CCN(C(=O)Nc3ccc(C)c(Cl)c3)CC2)cc1. The quantitative estimate of drug-likeness (QED) is 0.613. The van der Waals surface area contributed by atoms with Crippen molar-refractivity contribution in [3.63, 3.8) is 0 Å². The van der Waals surface area contributed by atoms with Gasteiger partial charge in [0.15, 0.2) is 0 Å². The number of amides is 4. The third kappa shape index (κ3) is 6.74. The van der Waals surface area contributed by atoms with Crippen molar-refractivity contribution in [3.05, 3.63) is 64.7 Å². The number of benzene rings is 2. The zero-order chi connectivity index (χ0) is 24.7. The first-order valence-electron chi connectivity index (χ1n) is 11.0. The van der Waals surface area contributed by atoms with E-state index in [1.807, 2.05) is 25.1 Å². The molecule has 34 heavy (non-hydrogen) atoms. The van der Waals surface area contributed by atoms with E-state index in [4.69, 9.17) is 16.3 Å². The Morgan fingerprint density at radius 2 is 1.68 bits per heavy atom. The van der Waals surface area contributed by atoms with Gasteiger partial charge in [0.05, 0.1) is 7.11 Å². The highest BCUT2D eigenvalue weighted by Crippen LogP contribution is 2.20. The molecule has 180 valence electrons. The van der Waals surface area contributed by atoms with Crippen LogP contribution in [-0.2, 0) is 9.59 Å². The molecule has 1 aliphatic rings. The number of hydrogen-bond acceptors (Lipinski definition) is 4. The molecule has 1 unspecified atom stereocenters. The average molecular weight is 485 g/mol. The van der Waals surface area contributed by atoms with Gasteiger partial charge in [0.25, 0.3) is 0 Å². The Morgan fingerprint density at radius 3 is 2.29 bits per heavy atom. The van der Waals surface area contributed by atoms with Crippen LogP contribution in [0.2, 0.25) is 5.02 Å². The number of urea groups is 1. The van der Waals surface area contributed by atoms with Crippen LogP contribution in [0.4, 0.5) is 10.5 Å². The number of piperazine rings is 1. The first kappa shape index (κ1) is 25.1. The van der Waals surface area contributed by atoms with E-state index in [0.29, 0.717) is 36.9 Å². The van der Waals surface area contributed by atoms with Gasteiger partial charge in [-0.2, -0.15) is 0 Å². The standard InChI is InChI=1S/C25H29ClN4O4/c1-17-4-8-20(16-22(17)26)28-25(33)30-14-12-29(13-15-30)24(32)18(2)27-23(31)11-7-19-5-9-21(34-3)10-6-19/h4-11,16,18H,12-15H2,1-3H3,(H,27,31)(H,28,33). The van der Waals surface area contributed by atoms with Gasteiger partial charge in [-0.05, 0) is 55.3 Å². The van der Waals surface area contributed by atoms with Crippen LogP contribution in [0.1, 0.15) is 18.1 Å². The van der Waals surface area contributed by atoms with Crippen LogP contribution in [-0.4, -0.2) is 67.0 Å². The van der Waals surface area contributed by atoms with Crippen LogP contribution in [0.3, 0.4) is 0 Å². The highest BCUT2D eigenvalue weighted by molar-refractivity contribution is 6.31. The highest BCUT2D eigenvalue weighted by Gasteiger charge is 2.27. The molecule has 0 saturated carbocycles. The number of carbonyl (C=O) groups is 3. The second-order valence-electron chi connectivity index (χ2n) is 8.04. The minimum atomic E-state index is -0.678. The molecule has 2 aromatic rings. The molecule has 2 aromatic carbocycles. The number of rotatable bonds is 6. The van der Waals surface area contributed by atoms with Crippen molar-refractivity contribution in [3.8, 4) is 5.75 Å². The minimum absolute atomic E-state index is 0.184.